The highest BCUT2D eigenvalue weighted by atomic mass is 16.4. The molecule has 1 aliphatic heterocycles. The Labute approximate surface area is 142 Å². The molecule has 1 N–H and O–H groups in total. The average molecular weight is 328 g/mol. The summed E-state index contributed by atoms with van der Waals surface area (Å²) in [6.07, 6.45) is 1.78. The Morgan fingerprint density at radius 3 is 2.79 bits per heavy atom. The molecule has 1 aliphatic rings. The molecule has 3 rings (SSSR count). The van der Waals surface area contributed by atoms with Crippen LogP contribution in [0.5, 0.6) is 0 Å². The normalized spacial score (nSPS) is 17.5. The molecule has 1 aromatic heterocycles. The quantitative estimate of drug-likeness (QED) is 0.917. The number of nitrogens with one attached hydrogen (secondary N) is 1. The largest absolute Gasteiger partial charge is 0.423 e. The summed E-state index contributed by atoms with van der Waals surface area (Å²) in [7, 11) is 0. The molecule has 1 saturated heterocycles. The van der Waals surface area contributed by atoms with Gasteiger partial charge in [-0.05, 0) is 36.8 Å². The first-order valence-corrected chi connectivity index (χ1v) is 8.44. The number of para-hydroxylation sites is 1. The van der Waals surface area contributed by atoms with Gasteiger partial charge < -0.3 is 14.6 Å². The molecule has 1 unspecified atom stereocenters. The van der Waals surface area contributed by atoms with Crippen molar-refractivity contribution in [3.63, 3.8) is 0 Å². The Hall–Kier alpha value is -2.37. The van der Waals surface area contributed by atoms with E-state index in [-0.39, 0.29) is 12.1 Å². The van der Waals surface area contributed by atoms with Gasteiger partial charge in [0.05, 0.1) is 0 Å². The summed E-state index contributed by atoms with van der Waals surface area (Å²) < 4.78 is 5.54. The lowest BCUT2D eigenvalue weighted by molar-refractivity contribution is 0.197. The Bertz CT molecular complexity index is 738. The third-order valence-electron chi connectivity index (χ3n) is 4.50. The van der Waals surface area contributed by atoms with Crippen molar-refractivity contribution in [3.8, 4) is 0 Å². The summed E-state index contributed by atoms with van der Waals surface area (Å²) >= 11 is 0. The highest BCUT2D eigenvalue weighted by Crippen LogP contribution is 2.33. The Morgan fingerprint density at radius 2 is 2.12 bits per heavy atom. The minimum Gasteiger partial charge on any atom is -0.423 e. The fraction of sp³-hybridized carbons (Fsp3) is 0.500. The summed E-state index contributed by atoms with van der Waals surface area (Å²) in [6, 6.07) is 5.86. The number of nitrogens with zero attached hydrogens (tertiary/aromatic N) is 3. The zero-order valence-electron chi connectivity index (χ0n) is 14.7. The van der Waals surface area contributed by atoms with Crippen molar-refractivity contribution in [2.75, 3.05) is 11.9 Å². The van der Waals surface area contributed by atoms with Gasteiger partial charge in [-0.3, -0.25) is 0 Å². The number of aryl methyl sites for hydroxylation is 2. The number of likely N-dealkylation sites (tertiary alicyclic amines) is 1. The van der Waals surface area contributed by atoms with E-state index in [4.69, 9.17) is 4.42 Å². The van der Waals surface area contributed by atoms with Gasteiger partial charge in [-0.1, -0.05) is 32.0 Å². The van der Waals surface area contributed by atoms with Crippen LogP contribution in [-0.2, 0) is 0 Å². The maximum atomic E-state index is 12.9. The number of hydrogen-bond donors (Lipinski definition) is 1. The van der Waals surface area contributed by atoms with Crippen molar-refractivity contribution in [2.45, 2.75) is 52.5 Å². The lowest BCUT2D eigenvalue weighted by Crippen LogP contribution is -2.35. The fourth-order valence-electron chi connectivity index (χ4n) is 3.23. The fourth-order valence-corrected chi connectivity index (χ4v) is 3.23. The predicted molar refractivity (Wildman–Crippen MR) is 92.0 cm³/mol. The van der Waals surface area contributed by atoms with Crippen LogP contribution in [0.4, 0.5) is 10.5 Å². The zero-order valence-corrected chi connectivity index (χ0v) is 14.7. The molecule has 1 atom stereocenters. The average Bonchev–Trinajstić information content (AvgIpc) is 3.17. The molecule has 1 fully saturated rings. The standard InChI is InChI=1S/C18H24N4O2/c1-11(2)14-8-5-7-12(3)16(14)19-18(23)22-10-6-9-15(22)17-21-20-13(4)24-17/h5,7-8,11,15H,6,9-10H2,1-4H3,(H,19,23). The third-order valence-corrected chi connectivity index (χ3v) is 4.50. The maximum Gasteiger partial charge on any atom is 0.322 e. The van der Waals surface area contributed by atoms with Crippen LogP contribution < -0.4 is 5.32 Å². The van der Waals surface area contributed by atoms with E-state index in [1.165, 1.54) is 0 Å². The van der Waals surface area contributed by atoms with Crippen LogP contribution in [-0.4, -0.2) is 27.7 Å². The lowest BCUT2D eigenvalue weighted by Gasteiger charge is -2.24. The third kappa shape index (κ3) is 3.13. The van der Waals surface area contributed by atoms with Crippen LogP contribution in [0.3, 0.4) is 0 Å². The summed E-state index contributed by atoms with van der Waals surface area (Å²) in [5.41, 5.74) is 3.12. The first-order valence-electron chi connectivity index (χ1n) is 8.44. The highest BCUT2D eigenvalue weighted by molar-refractivity contribution is 5.91. The lowest BCUT2D eigenvalue weighted by atomic mass is 9.98. The molecule has 128 valence electrons. The van der Waals surface area contributed by atoms with E-state index in [2.05, 4.69) is 35.4 Å². The topological polar surface area (TPSA) is 71.3 Å². The molecular weight excluding hydrogens is 304 g/mol. The van der Waals surface area contributed by atoms with Gasteiger partial charge in [0.25, 0.3) is 0 Å². The molecule has 2 amide bonds. The van der Waals surface area contributed by atoms with E-state index < -0.39 is 0 Å². The molecule has 1 aromatic carbocycles. The van der Waals surface area contributed by atoms with Gasteiger partial charge in [0, 0.05) is 19.2 Å². The Balaban J connectivity index is 1.82. The SMILES string of the molecule is Cc1nnc(C2CCCN2C(=O)Nc2c(C)cccc2C(C)C)o1. The second-order valence-electron chi connectivity index (χ2n) is 6.63. The van der Waals surface area contributed by atoms with Crippen LogP contribution in [0, 0.1) is 13.8 Å². The smallest absolute Gasteiger partial charge is 0.322 e. The summed E-state index contributed by atoms with van der Waals surface area (Å²) in [6.45, 7) is 8.73. The van der Waals surface area contributed by atoms with Gasteiger partial charge in [0.2, 0.25) is 11.8 Å². The van der Waals surface area contributed by atoms with Gasteiger partial charge in [0.1, 0.15) is 6.04 Å². The number of hydrogen-bond acceptors (Lipinski definition) is 4. The zero-order chi connectivity index (χ0) is 17.3. The highest BCUT2D eigenvalue weighted by Gasteiger charge is 2.34. The number of carbonyl (C=O) groups is 1. The second kappa shape index (κ2) is 6.63. The summed E-state index contributed by atoms with van der Waals surface area (Å²) in [5, 5.41) is 11.1. The molecule has 6 nitrogen and oxygen atoms in total. The van der Waals surface area contributed by atoms with Crippen LogP contribution in [0.25, 0.3) is 0 Å². The summed E-state index contributed by atoms with van der Waals surface area (Å²) in [4.78, 5) is 14.7. The van der Waals surface area contributed by atoms with Crippen LogP contribution in [0.15, 0.2) is 22.6 Å². The number of aromatic nitrogens is 2. The minimum absolute atomic E-state index is 0.107. The molecule has 0 spiro atoms. The van der Waals surface area contributed by atoms with Crippen molar-refractivity contribution in [1.29, 1.82) is 0 Å². The van der Waals surface area contributed by atoms with Gasteiger partial charge in [-0.2, -0.15) is 0 Å². The van der Waals surface area contributed by atoms with Crippen molar-refractivity contribution in [1.82, 2.24) is 15.1 Å². The van der Waals surface area contributed by atoms with E-state index in [0.29, 0.717) is 24.2 Å². The number of urea groups is 1. The van der Waals surface area contributed by atoms with E-state index in [0.717, 1.165) is 29.7 Å². The predicted octanol–water partition coefficient (Wildman–Crippen LogP) is 4.18. The van der Waals surface area contributed by atoms with Gasteiger partial charge >= 0.3 is 6.03 Å². The van der Waals surface area contributed by atoms with Crippen molar-refractivity contribution in [2.24, 2.45) is 0 Å². The summed E-state index contributed by atoms with van der Waals surface area (Å²) in [5.74, 6) is 1.39. The van der Waals surface area contributed by atoms with Gasteiger partial charge in [-0.15, -0.1) is 10.2 Å². The molecule has 2 aromatic rings. The molecule has 24 heavy (non-hydrogen) atoms. The van der Waals surface area contributed by atoms with Crippen molar-refractivity contribution >= 4 is 11.7 Å². The van der Waals surface area contributed by atoms with Crippen LogP contribution >= 0.6 is 0 Å². The molecule has 2 heterocycles. The van der Waals surface area contributed by atoms with Crippen LogP contribution in [0.2, 0.25) is 0 Å². The first kappa shape index (κ1) is 16.5. The van der Waals surface area contributed by atoms with E-state index in [1.807, 2.05) is 19.1 Å². The molecule has 0 bridgehead atoms. The molecule has 0 saturated carbocycles. The van der Waals surface area contributed by atoms with Crippen molar-refractivity contribution < 1.29 is 9.21 Å². The van der Waals surface area contributed by atoms with Crippen molar-refractivity contribution in [3.05, 3.63) is 41.1 Å². The Morgan fingerprint density at radius 1 is 1.33 bits per heavy atom. The first-order chi connectivity index (χ1) is 11.5. The number of benzene rings is 1. The van der Waals surface area contributed by atoms with Gasteiger partial charge in [0.15, 0.2) is 0 Å². The monoisotopic (exact) mass is 328 g/mol. The van der Waals surface area contributed by atoms with E-state index in [9.17, 15) is 4.79 Å². The van der Waals surface area contributed by atoms with Crippen LogP contribution in [0.1, 0.15) is 61.6 Å². The molecule has 6 heteroatoms. The molecular formula is C18H24N4O2. The molecule has 0 aliphatic carbocycles. The molecule has 0 radical (unpaired) electrons. The Kier molecular flexibility index (Phi) is 4.55. The van der Waals surface area contributed by atoms with E-state index >= 15 is 0 Å². The van der Waals surface area contributed by atoms with Gasteiger partial charge in [-0.25, -0.2) is 4.79 Å². The maximum absolute atomic E-state index is 12.9. The number of carbonyl (C=O) groups excluding carboxylic acids is 1. The number of rotatable bonds is 3. The number of anilines is 1. The minimum atomic E-state index is -0.141. The van der Waals surface area contributed by atoms with E-state index in [1.54, 1.807) is 11.8 Å². The number of amides is 2. The second-order valence-corrected chi connectivity index (χ2v) is 6.63.